The number of nitro groups is 1. The maximum Gasteiger partial charge on any atom is 0.273 e. The van der Waals surface area contributed by atoms with Gasteiger partial charge >= 0.3 is 0 Å². The Morgan fingerprint density at radius 1 is 1.28 bits per heavy atom. The molecular weight excluding hydrogens is 370 g/mol. The van der Waals surface area contributed by atoms with Crippen molar-refractivity contribution in [2.24, 2.45) is 5.92 Å². The van der Waals surface area contributed by atoms with E-state index < -0.39 is 4.92 Å². The summed E-state index contributed by atoms with van der Waals surface area (Å²) in [5.74, 6) is 0.791. The Morgan fingerprint density at radius 2 is 2.00 bits per heavy atom. The Labute approximate surface area is 170 Å². The van der Waals surface area contributed by atoms with Gasteiger partial charge < -0.3 is 10.1 Å². The molecule has 7 heteroatoms. The molecule has 1 saturated heterocycles. The van der Waals surface area contributed by atoms with Gasteiger partial charge in [0.1, 0.15) is 5.75 Å². The second kappa shape index (κ2) is 9.05. The van der Waals surface area contributed by atoms with E-state index in [1.165, 1.54) is 11.6 Å². The minimum Gasteiger partial charge on any atom is -0.497 e. The van der Waals surface area contributed by atoms with E-state index in [4.69, 9.17) is 4.74 Å². The van der Waals surface area contributed by atoms with Crippen LogP contribution >= 0.6 is 0 Å². The van der Waals surface area contributed by atoms with Gasteiger partial charge in [0.2, 0.25) is 0 Å². The van der Waals surface area contributed by atoms with Gasteiger partial charge in [-0.3, -0.25) is 19.8 Å². The number of nitro benzene ring substituents is 1. The first-order valence-electron chi connectivity index (χ1n) is 9.78. The lowest BCUT2D eigenvalue weighted by molar-refractivity contribution is -0.385. The molecule has 0 saturated carbocycles. The molecule has 154 valence electrons. The third-order valence-electron chi connectivity index (χ3n) is 5.66. The van der Waals surface area contributed by atoms with Crippen LogP contribution in [-0.2, 0) is 0 Å². The lowest BCUT2D eigenvalue weighted by Crippen LogP contribution is -2.41. The van der Waals surface area contributed by atoms with Crippen molar-refractivity contribution in [2.45, 2.75) is 25.8 Å². The number of carbonyl (C=O) groups is 1. The smallest absolute Gasteiger partial charge is 0.273 e. The summed E-state index contributed by atoms with van der Waals surface area (Å²) in [4.78, 5) is 25.6. The third kappa shape index (κ3) is 4.74. The molecular formula is C22H27N3O4. The second-order valence-electron chi connectivity index (χ2n) is 7.57. The zero-order valence-electron chi connectivity index (χ0n) is 17.1. The summed E-state index contributed by atoms with van der Waals surface area (Å²) in [6, 6.07) is 12.8. The van der Waals surface area contributed by atoms with Crippen molar-refractivity contribution in [1.29, 1.82) is 0 Å². The van der Waals surface area contributed by atoms with Crippen molar-refractivity contribution < 1.29 is 14.5 Å². The fourth-order valence-electron chi connectivity index (χ4n) is 4.07. The van der Waals surface area contributed by atoms with Crippen molar-refractivity contribution in [1.82, 2.24) is 10.2 Å². The van der Waals surface area contributed by atoms with Crippen LogP contribution in [0.5, 0.6) is 5.75 Å². The second-order valence-corrected chi connectivity index (χ2v) is 7.57. The van der Waals surface area contributed by atoms with E-state index in [2.05, 4.69) is 29.4 Å². The highest BCUT2D eigenvalue weighted by atomic mass is 16.6. The van der Waals surface area contributed by atoms with Crippen LogP contribution in [0.15, 0.2) is 42.5 Å². The normalized spacial score (nSPS) is 19.6. The van der Waals surface area contributed by atoms with Crippen LogP contribution < -0.4 is 10.1 Å². The predicted octanol–water partition coefficient (Wildman–Crippen LogP) is 3.72. The summed E-state index contributed by atoms with van der Waals surface area (Å²) in [5.41, 5.74) is 2.01. The van der Waals surface area contributed by atoms with E-state index in [-0.39, 0.29) is 23.6 Å². The number of ether oxygens (including phenoxy) is 1. The van der Waals surface area contributed by atoms with Crippen LogP contribution in [0.3, 0.4) is 0 Å². The molecule has 1 heterocycles. The highest BCUT2D eigenvalue weighted by Crippen LogP contribution is 2.35. The largest absolute Gasteiger partial charge is 0.497 e. The molecule has 0 aliphatic carbocycles. The fraction of sp³-hybridized carbons (Fsp3) is 0.409. The Balaban J connectivity index is 1.72. The van der Waals surface area contributed by atoms with E-state index >= 15 is 0 Å². The van der Waals surface area contributed by atoms with Crippen LogP contribution in [0.1, 0.15) is 40.4 Å². The zero-order chi connectivity index (χ0) is 21.0. The number of nitrogens with zero attached hydrogens (tertiary/aromatic N) is 2. The van der Waals surface area contributed by atoms with Crippen molar-refractivity contribution in [2.75, 3.05) is 27.2 Å². The number of amides is 1. The van der Waals surface area contributed by atoms with Gasteiger partial charge in [0.05, 0.1) is 12.0 Å². The van der Waals surface area contributed by atoms with Crippen molar-refractivity contribution in [3.63, 3.8) is 0 Å². The molecule has 2 aromatic carbocycles. The highest BCUT2D eigenvalue weighted by Gasteiger charge is 2.31. The number of benzene rings is 2. The molecule has 1 fully saturated rings. The first-order chi connectivity index (χ1) is 13.9. The van der Waals surface area contributed by atoms with Gasteiger partial charge in [0.15, 0.2) is 0 Å². The number of rotatable bonds is 6. The monoisotopic (exact) mass is 397 g/mol. The summed E-state index contributed by atoms with van der Waals surface area (Å²) in [7, 11) is 3.75. The van der Waals surface area contributed by atoms with Crippen molar-refractivity contribution in [3.05, 3.63) is 69.3 Å². The Kier molecular flexibility index (Phi) is 6.49. The van der Waals surface area contributed by atoms with Crippen LogP contribution in [0, 0.1) is 23.0 Å². The van der Waals surface area contributed by atoms with Gasteiger partial charge in [-0.25, -0.2) is 0 Å². The van der Waals surface area contributed by atoms with Crippen LogP contribution in [0.25, 0.3) is 0 Å². The number of hydrogen-bond acceptors (Lipinski definition) is 5. The number of nitrogens with one attached hydrogen (secondary N) is 1. The SMILES string of the molecule is COc1ccc(C2C(CNC(=O)c3ccc(C)c([N+](=O)[O-])c3)CCCN2C)cc1. The molecule has 7 nitrogen and oxygen atoms in total. The lowest BCUT2D eigenvalue weighted by atomic mass is 9.85. The average molecular weight is 397 g/mol. The molecule has 0 aromatic heterocycles. The van der Waals surface area contributed by atoms with Crippen LogP contribution in [-0.4, -0.2) is 43.0 Å². The van der Waals surface area contributed by atoms with Crippen molar-refractivity contribution >= 4 is 11.6 Å². The van der Waals surface area contributed by atoms with Gasteiger partial charge in [-0.1, -0.05) is 18.2 Å². The average Bonchev–Trinajstić information content (AvgIpc) is 2.72. The van der Waals surface area contributed by atoms with E-state index in [0.29, 0.717) is 17.7 Å². The lowest BCUT2D eigenvalue weighted by Gasteiger charge is -2.39. The Hall–Kier alpha value is -2.93. The topological polar surface area (TPSA) is 84.7 Å². The minimum atomic E-state index is -0.456. The molecule has 0 bridgehead atoms. The molecule has 0 radical (unpaired) electrons. The molecule has 2 aromatic rings. The highest BCUT2D eigenvalue weighted by molar-refractivity contribution is 5.95. The van der Waals surface area contributed by atoms with Crippen LogP contribution in [0.2, 0.25) is 0 Å². The quantitative estimate of drug-likeness (QED) is 0.593. The molecule has 3 rings (SSSR count). The Bertz CT molecular complexity index is 882. The summed E-state index contributed by atoms with van der Waals surface area (Å²) in [5, 5.41) is 14.1. The fourth-order valence-corrected chi connectivity index (χ4v) is 4.07. The van der Waals surface area contributed by atoms with Gasteiger partial charge in [-0.15, -0.1) is 0 Å². The first-order valence-corrected chi connectivity index (χ1v) is 9.78. The number of methoxy groups -OCH3 is 1. The molecule has 29 heavy (non-hydrogen) atoms. The number of likely N-dealkylation sites (tertiary alicyclic amines) is 1. The summed E-state index contributed by atoms with van der Waals surface area (Å²) in [6.07, 6.45) is 2.08. The zero-order valence-corrected chi connectivity index (χ0v) is 17.1. The molecule has 1 aliphatic rings. The summed E-state index contributed by atoms with van der Waals surface area (Å²) < 4.78 is 5.25. The number of aryl methyl sites for hydroxylation is 1. The van der Waals surface area contributed by atoms with Gasteiger partial charge in [-0.05, 0) is 63.0 Å². The van der Waals surface area contributed by atoms with Crippen molar-refractivity contribution in [3.8, 4) is 5.75 Å². The van der Waals surface area contributed by atoms with Gasteiger partial charge in [0.25, 0.3) is 11.6 Å². The predicted molar refractivity (Wildman–Crippen MR) is 111 cm³/mol. The van der Waals surface area contributed by atoms with E-state index in [0.717, 1.165) is 25.1 Å². The molecule has 1 amide bonds. The molecule has 1 aliphatic heterocycles. The number of hydrogen-bond donors (Lipinski definition) is 1. The van der Waals surface area contributed by atoms with Gasteiger partial charge in [-0.2, -0.15) is 0 Å². The number of carbonyl (C=O) groups excluding carboxylic acids is 1. The van der Waals surface area contributed by atoms with Gasteiger partial charge in [0, 0.05) is 29.8 Å². The molecule has 1 N–H and O–H groups in total. The molecule has 0 spiro atoms. The summed E-state index contributed by atoms with van der Waals surface area (Å²) in [6.45, 7) is 3.18. The standard InChI is InChI=1S/C22H27N3O4/c1-15-6-7-17(13-20(15)25(27)28)22(26)23-14-18-5-4-12-24(2)21(18)16-8-10-19(29-3)11-9-16/h6-11,13,18,21H,4-5,12,14H2,1-3H3,(H,23,26). The van der Waals surface area contributed by atoms with Crippen LogP contribution in [0.4, 0.5) is 5.69 Å². The van der Waals surface area contributed by atoms with E-state index in [9.17, 15) is 14.9 Å². The summed E-state index contributed by atoms with van der Waals surface area (Å²) >= 11 is 0. The van der Waals surface area contributed by atoms with E-state index in [1.54, 1.807) is 26.2 Å². The first kappa shape index (κ1) is 20.8. The Morgan fingerprint density at radius 3 is 2.66 bits per heavy atom. The van der Waals surface area contributed by atoms with E-state index in [1.807, 2.05) is 12.1 Å². The maximum atomic E-state index is 12.6. The minimum absolute atomic E-state index is 0.0360. The third-order valence-corrected chi connectivity index (χ3v) is 5.66. The molecule has 2 unspecified atom stereocenters. The molecule has 2 atom stereocenters. The maximum absolute atomic E-state index is 12.6. The number of piperidine rings is 1.